The van der Waals surface area contributed by atoms with E-state index in [-0.39, 0.29) is 31.4 Å². The average Bonchev–Trinajstić information content (AvgIpc) is 2.26. The molecule has 0 radical (unpaired) electrons. The van der Waals surface area contributed by atoms with E-state index in [2.05, 4.69) is 4.74 Å². The zero-order valence-corrected chi connectivity index (χ0v) is 10.9. The Kier molecular flexibility index (Phi) is 6.46. The van der Waals surface area contributed by atoms with Crippen molar-refractivity contribution in [3.63, 3.8) is 0 Å². The first-order valence-electron chi connectivity index (χ1n) is 5.62. The van der Waals surface area contributed by atoms with E-state index in [1.807, 2.05) is 6.92 Å². The van der Waals surface area contributed by atoms with Crippen LogP contribution in [0.15, 0.2) is 0 Å². The monoisotopic (exact) mass is 244 g/mol. The molecule has 0 aliphatic carbocycles. The summed E-state index contributed by atoms with van der Waals surface area (Å²) in [7, 11) is 0. The van der Waals surface area contributed by atoms with Crippen LogP contribution in [0.1, 0.15) is 40.5 Å². The molecule has 17 heavy (non-hydrogen) atoms. The van der Waals surface area contributed by atoms with E-state index < -0.39 is 11.4 Å². The Morgan fingerprint density at radius 1 is 1.12 bits per heavy atom. The van der Waals surface area contributed by atoms with Gasteiger partial charge in [-0.15, -0.1) is 0 Å². The van der Waals surface area contributed by atoms with Crippen molar-refractivity contribution < 1.29 is 23.9 Å². The van der Waals surface area contributed by atoms with Gasteiger partial charge in [-0.3, -0.25) is 14.4 Å². The highest BCUT2D eigenvalue weighted by Gasteiger charge is 2.27. The minimum absolute atomic E-state index is 0.0149. The molecule has 0 rings (SSSR count). The van der Waals surface area contributed by atoms with Crippen LogP contribution in [0, 0.1) is 5.41 Å². The summed E-state index contributed by atoms with van der Waals surface area (Å²) in [5.74, 6) is -1.09. The lowest BCUT2D eigenvalue weighted by Gasteiger charge is -2.19. The Balaban J connectivity index is 3.81. The molecule has 0 atom stereocenters. The van der Waals surface area contributed by atoms with Gasteiger partial charge in [-0.05, 0) is 27.2 Å². The number of hydrogen-bond donors (Lipinski definition) is 0. The summed E-state index contributed by atoms with van der Waals surface area (Å²) >= 11 is 0. The molecule has 0 heterocycles. The summed E-state index contributed by atoms with van der Waals surface area (Å²) in [4.78, 5) is 33.1. The normalized spacial score (nSPS) is 10.8. The maximum atomic E-state index is 11.5. The summed E-state index contributed by atoms with van der Waals surface area (Å²) in [5.41, 5.74) is -0.538. The summed E-state index contributed by atoms with van der Waals surface area (Å²) in [6.07, 6.45) is 0.638. The Morgan fingerprint density at radius 2 is 1.71 bits per heavy atom. The number of Topliss-reactive ketones (excluding diaryl/α,β-unsaturated/α-hetero) is 1. The van der Waals surface area contributed by atoms with Crippen molar-refractivity contribution in [2.45, 2.75) is 40.5 Å². The number of rotatable bonds is 7. The molecule has 0 unspecified atom stereocenters. The molecule has 0 amide bonds. The van der Waals surface area contributed by atoms with Crippen LogP contribution in [0.5, 0.6) is 0 Å². The average molecular weight is 244 g/mol. The fourth-order valence-corrected chi connectivity index (χ4v) is 0.821. The molecule has 0 aliphatic rings. The summed E-state index contributed by atoms with van der Waals surface area (Å²) in [5, 5.41) is 0. The standard InChI is InChI=1S/C12H20O5/c1-5-12(3,4)11(15)16-7-6-10(14)17-8-9(2)13/h5-8H2,1-4H3. The first-order chi connectivity index (χ1) is 7.79. The van der Waals surface area contributed by atoms with Crippen LogP contribution in [0.2, 0.25) is 0 Å². The molecule has 0 spiro atoms. The lowest BCUT2D eigenvalue weighted by atomic mass is 9.91. The Labute approximate surface area is 101 Å². The molecule has 0 aromatic rings. The second kappa shape index (κ2) is 7.04. The van der Waals surface area contributed by atoms with Crippen LogP contribution in [-0.4, -0.2) is 30.9 Å². The van der Waals surface area contributed by atoms with Crippen molar-refractivity contribution in [2.24, 2.45) is 5.41 Å². The van der Waals surface area contributed by atoms with Gasteiger partial charge in [0.1, 0.15) is 13.2 Å². The van der Waals surface area contributed by atoms with E-state index >= 15 is 0 Å². The molecule has 0 N–H and O–H groups in total. The van der Waals surface area contributed by atoms with Crippen molar-refractivity contribution in [3.8, 4) is 0 Å². The molecule has 98 valence electrons. The number of carbonyl (C=O) groups is 3. The van der Waals surface area contributed by atoms with Gasteiger partial charge in [0.05, 0.1) is 11.8 Å². The van der Waals surface area contributed by atoms with Gasteiger partial charge in [0.15, 0.2) is 5.78 Å². The Morgan fingerprint density at radius 3 is 2.18 bits per heavy atom. The number of hydrogen-bond acceptors (Lipinski definition) is 5. The summed E-state index contributed by atoms with van der Waals surface area (Å²) < 4.78 is 9.57. The molecule has 0 saturated carbocycles. The first-order valence-corrected chi connectivity index (χ1v) is 5.62. The zero-order chi connectivity index (χ0) is 13.5. The third-order valence-electron chi connectivity index (χ3n) is 2.41. The topological polar surface area (TPSA) is 69.7 Å². The van der Waals surface area contributed by atoms with Crippen molar-refractivity contribution in [3.05, 3.63) is 0 Å². The molecular formula is C12H20O5. The van der Waals surface area contributed by atoms with Crippen LogP contribution < -0.4 is 0 Å². The zero-order valence-electron chi connectivity index (χ0n) is 10.9. The predicted molar refractivity (Wildman–Crippen MR) is 61.3 cm³/mol. The van der Waals surface area contributed by atoms with Gasteiger partial charge in [-0.1, -0.05) is 6.92 Å². The van der Waals surface area contributed by atoms with Crippen molar-refractivity contribution in [2.75, 3.05) is 13.2 Å². The minimum Gasteiger partial charge on any atom is -0.465 e. The van der Waals surface area contributed by atoms with Crippen LogP contribution in [0.25, 0.3) is 0 Å². The predicted octanol–water partition coefficient (Wildman–Crippen LogP) is 1.49. The van der Waals surface area contributed by atoms with Gasteiger partial charge in [0.2, 0.25) is 0 Å². The summed E-state index contributed by atoms with van der Waals surface area (Å²) in [6.45, 7) is 6.54. The SMILES string of the molecule is CCC(C)(C)C(=O)OCCC(=O)OCC(C)=O. The number of carbonyl (C=O) groups excluding carboxylic acids is 3. The quantitative estimate of drug-likeness (QED) is 0.634. The highest BCUT2D eigenvalue weighted by molar-refractivity contribution is 5.80. The molecule has 5 heteroatoms. The van der Waals surface area contributed by atoms with Gasteiger partial charge in [0, 0.05) is 0 Å². The van der Waals surface area contributed by atoms with Crippen LogP contribution in [0.3, 0.4) is 0 Å². The van der Waals surface area contributed by atoms with Gasteiger partial charge >= 0.3 is 11.9 Å². The fourth-order valence-electron chi connectivity index (χ4n) is 0.821. The maximum absolute atomic E-state index is 11.5. The van der Waals surface area contributed by atoms with E-state index in [1.165, 1.54) is 6.92 Å². The van der Waals surface area contributed by atoms with E-state index in [0.717, 1.165) is 0 Å². The van der Waals surface area contributed by atoms with Gasteiger partial charge in [-0.25, -0.2) is 0 Å². The van der Waals surface area contributed by atoms with E-state index in [1.54, 1.807) is 13.8 Å². The molecule has 0 aromatic carbocycles. The lowest BCUT2D eigenvalue weighted by molar-refractivity contribution is -0.157. The third kappa shape index (κ3) is 6.71. The molecule has 0 fully saturated rings. The molecular weight excluding hydrogens is 224 g/mol. The van der Waals surface area contributed by atoms with E-state index in [0.29, 0.717) is 6.42 Å². The Bertz CT molecular complexity index is 293. The number of ether oxygens (including phenoxy) is 2. The highest BCUT2D eigenvalue weighted by Crippen LogP contribution is 2.21. The van der Waals surface area contributed by atoms with Gasteiger partial charge in [0.25, 0.3) is 0 Å². The minimum atomic E-state index is -0.540. The maximum Gasteiger partial charge on any atom is 0.311 e. The highest BCUT2D eigenvalue weighted by atomic mass is 16.5. The van der Waals surface area contributed by atoms with E-state index in [4.69, 9.17) is 4.74 Å². The number of esters is 2. The van der Waals surface area contributed by atoms with Gasteiger partial charge < -0.3 is 9.47 Å². The lowest BCUT2D eigenvalue weighted by Crippen LogP contribution is -2.26. The molecule has 0 aliphatic heterocycles. The van der Waals surface area contributed by atoms with Crippen molar-refractivity contribution in [1.29, 1.82) is 0 Å². The number of ketones is 1. The molecule has 0 saturated heterocycles. The fraction of sp³-hybridized carbons (Fsp3) is 0.750. The summed E-state index contributed by atoms with van der Waals surface area (Å²) in [6, 6.07) is 0. The smallest absolute Gasteiger partial charge is 0.311 e. The van der Waals surface area contributed by atoms with Crippen LogP contribution >= 0.6 is 0 Å². The Hall–Kier alpha value is -1.39. The third-order valence-corrected chi connectivity index (χ3v) is 2.41. The van der Waals surface area contributed by atoms with Crippen LogP contribution in [-0.2, 0) is 23.9 Å². The first kappa shape index (κ1) is 15.6. The van der Waals surface area contributed by atoms with Crippen molar-refractivity contribution in [1.82, 2.24) is 0 Å². The second-order valence-electron chi connectivity index (χ2n) is 4.49. The molecule has 0 bridgehead atoms. The van der Waals surface area contributed by atoms with E-state index in [9.17, 15) is 14.4 Å². The van der Waals surface area contributed by atoms with Crippen LogP contribution in [0.4, 0.5) is 0 Å². The van der Waals surface area contributed by atoms with Gasteiger partial charge in [-0.2, -0.15) is 0 Å². The molecule has 5 nitrogen and oxygen atoms in total. The largest absolute Gasteiger partial charge is 0.465 e. The second-order valence-corrected chi connectivity index (χ2v) is 4.49. The molecule has 0 aromatic heterocycles. The van der Waals surface area contributed by atoms with Crippen molar-refractivity contribution >= 4 is 17.7 Å².